The molecule has 8 heteroatoms. The lowest BCUT2D eigenvalue weighted by atomic mass is 9.91. The monoisotopic (exact) mass is 407 g/mol. The fourth-order valence-electron chi connectivity index (χ4n) is 4.70. The summed E-state index contributed by atoms with van der Waals surface area (Å²) in [6.45, 7) is 6.88. The summed E-state index contributed by atoms with van der Waals surface area (Å²) >= 11 is 0. The standard InChI is InChI=1S/C20H29N3O4S/c1-3-28(25,26)22-14-18(24)23-16-20(27-19(23,2)15-22)9-11-21(12-10-20)13-17-7-5-4-6-8-17/h4-8H,3,9-16H2,1-2H3. The number of nitrogens with zero attached hydrogens (tertiary/aromatic N) is 3. The lowest BCUT2D eigenvalue weighted by Gasteiger charge is -2.43. The number of fused-ring (bicyclic) bond motifs is 1. The molecule has 28 heavy (non-hydrogen) atoms. The van der Waals surface area contributed by atoms with Crippen molar-refractivity contribution in [1.82, 2.24) is 14.1 Å². The van der Waals surface area contributed by atoms with Gasteiger partial charge in [0.1, 0.15) is 0 Å². The molecule has 1 unspecified atom stereocenters. The fraction of sp³-hybridized carbons (Fsp3) is 0.650. The lowest BCUT2D eigenvalue weighted by Crippen LogP contribution is -2.62. The molecule has 0 bridgehead atoms. The Morgan fingerprint density at radius 2 is 1.79 bits per heavy atom. The number of likely N-dealkylation sites (tertiary alicyclic amines) is 1. The summed E-state index contributed by atoms with van der Waals surface area (Å²) in [6.07, 6.45) is 1.69. The molecule has 3 heterocycles. The van der Waals surface area contributed by atoms with Crippen LogP contribution in [-0.4, -0.2) is 78.2 Å². The number of benzene rings is 1. The van der Waals surface area contributed by atoms with Gasteiger partial charge in [0.25, 0.3) is 0 Å². The van der Waals surface area contributed by atoms with E-state index in [4.69, 9.17) is 4.74 Å². The van der Waals surface area contributed by atoms with Crippen LogP contribution >= 0.6 is 0 Å². The molecule has 0 aromatic heterocycles. The van der Waals surface area contributed by atoms with Gasteiger partial charge in [-0.2, -0.15) is 4.31 Å². The second-order valence-corrected chi connectivity index (χ2v) is 10.6. The third-order valence-electron chi connectivity index (χ3n) is 6.31. The highest BCUT2D eigenvalue weighted by Gasteiger charge is 2.58. The van der Waals surface area contributed by atoms with Gasteiger partial charge in [0.15, 0.2) is 5.72 Å². The van der Waals surface area contributed by atoms with E-state index in [0.29, 0.717) is 6.54 Å². The molecule has 3 fully saturated rings. The summed E-state index contributed by atoms with van der Waals surface area (Å²) in [6, 6.07) is 10.4. The van der Waals surface area contributed by atoms with Crippen LogP contribution in [0, 0.1) is 0 Å². The number of carbonyl (C=O) groups is 1. The Balaban J connectivity index is 1.44. The number of sulfonamides is 1. The Bertz CT molecular complexity index is 836. The summed E-state index contributed by atoms with van der Waals surface area (Å²) in [5.41, 5.74) is 0.0497. The summed E-state index contributed by atoms with van der Waals surface area (Å²) in [5.74, 6) is -0.162. The van der Waals surface area contributed by atoms with Crippen molar-refractivity contribution in [3.8, 4) is 0 Å². The molecule has 4 rings (SSSR count). The Morgan fingerprint density at radius 1 is 1.11 bits per heavy atom. The summed E-state index contributed by atoms with van der Waals surface area (Å²) < 4.78 is 32.4. The molecule has 3 aliphatic rings. The molecule has 0 radical (unpaired) electrons. The van der Waals surface area contributed by atoms with E-state index in [1.165, 1.54) is 9.87 Å². The minimum atomic E-state index is -3.42. The van der Waals surface area contributed by atoms with Crippen LogP contribution in [0.4, 0.5) is 0 Å². The molecule has 154 valence electrons. The number of amides is 1. The van der Waals surface area contributed by atoms with E-state index >= 15 is 0 Å². The van der Waals surface area contributed by atoms with E-state index in [1.54, 1.807) is 11.8 Å². The maximum atomic E-state index is 12.7. The fourth-order valence-corrected chi connectivity index (χ4v) is 5.81. The van der Waals surface area contributed by atoms with Gasteiger partial charge in [-0.25, -0.2) is 8.42 Å². The molecular weight excluding hydrogens is 378 g/mol. The van der Waals surface area contributed by atoms with Gasteiger partial charge in [0.05, 0.1) is 31.0 Å². The molecular formula is C20H29N3O4S. The number of carbonyl (C=O) groups excluding carboxylic acids is 1. The smallest absolute Gasteiger partial charge is 0.240 e. The number of ether oxygens (including phenoxy) is 1. The van der Waals surface area contributed by atoms with Crippen molar-refractivity contribution in [2.24, 2.45) is 0 Å². The summed E-state index contributed by atoms with van der Waals surface area (Å²) in [7, 11) is -3.42. The average Bonchev–Trinajstić information content (AvgIpc) is 2.97. The molecule has 1 aromatic carbocycles. The van der Waals surface area contributed by atoms with Crippen LogP contribution in [0.15, 0.2) is 30.3 Å². The van der Waals surface area contributed by atoms with Crippen molar-refractivity contribution in [1.29, 1.82) is 0 Å². The number of hydrogen-bond acceptors (Lipinski definition) is 5. The van der Waals surface area contributed by atoms with Crippen LogP contribution < -0.4 is 0 Å². The average molecular weight is 408 g/mol. The third kappa shape index (κ3) is 3.58. The highest BCUT2D eigenvalue weighted by atomic mass is 32.2. The van der Waals surface area contributed by atoms with Crippen molar-refractivity contribution in [2.45, 2.75) is 44.6 Å². The Hall–Kier alpha value is -1.48. The topological polar surface area (TPSA) is 70.2 Å². The van der Waals surface area contributed by atoms with Gasteiger partial charge >= 0.3 is 0 Å². The van der Waals surface area contributed by atoms with E-state index in [-0.39, 0.29) is 30.4 Å². The molecule has 1 amide bonds. The Morgan fingerprint density at radius 3 is 2.43 bits per heavy atom. The van der Waals surface area contributed by atoms with Crippen molar-refractivity contribution >= 4 is 15.9 Å². The van der Waals surface area contributed by atoms with Crippen LogP contribution in [0.1, 0.15) is 32.3 Å². The first-order chi connectivity index (χ1) is 13.3. The maximum Gasteiger partial charge on any atom is 0.240 e. The first kappa shape index (κ1) is 19.8. The first-order valence-electron chi connectivity index (χ1n) is 10.0. The van der Waals surface area contributed by atoms with Crippen LogP contribution in [-0.2, 0) is 26.1 Å². The summed E-state index contributed by atoms with van der Waals surface area (Å²) in [5, 5.41) is 0. The van der Waals surface area contributed by atoms with Crippen LogP contribution in [0.2, 0.25) is 0 Å². The lowest BCUT2D eigenvalue weighted by molar-refractivity contribution is -0.174. The zero-order chi connectivity index (χ0) is 20.0. The predicted molar refractivity (Wildman–Crippen MR) is 106 cm³/mol. The van der Waals surface area contributed by atoms with Gasteiger partial charge in [0.2, 0.25) is 15.9 Å². The Kier molecular flexibility index (Phi) is 5.02. The highest BCUT2D eigenvalue weighted by Crippen LogP contribution is 2.43. The summed E-state index contributed by atoms with van der Waals surface area (Å²) in [4.78, 5) is 16.9. The van der Waals surface area contributed by atoms with Crippen LogP contribution in [0.3, 0.4) is 0 Å². The molecule has 0 saturated carbocycles. The normalized spacial score (nSPS) is 28.6. The van der Waals surface area contributed by atoms with Gasteiger partial charge < -0.3 is 9.64 Å². The molecule has 7 nitrogen and oxygen atoms in total. The van der Waals surface area contributed by atoms with Crippen LogP contribution in [0.5, 0.6) is 0 Å². The largest absolute Gasteiger partial charge is 0.346 e. The number of hydrogen-bond donors (Lipinski definition) is 0. The first-order valence-corrected chi connectivity index (χ1v) is 11.6. The molecule has 1 aromatic rings. The Labute approximate surface area is 167 Å². The second-order valence-electron chi connectivity index (χ2n) is 8.37. The number of piperidine rings is 1. The maximum absolute atomic E-state index is 12.7. The van der Waals surface area contributed by atoms with E-state index in [0.717, 1.165) is 32.5 Å². The molecule has 0 aliphatic carbocycles. The molecule has 0 N–H and O–H groups in total. The van der Waals surface area contributed by atoms with E-state index in [9.17, 15) is 13.2 Å². The van der Waals surface area contributed by atoms with Gasteiger partial charge in [-0.3, -0.25) is 9.69 Å². The molecule has 1 spiro atoms. The zero-order valence-corrected chi connectivity index (χ0v) is 17.5. The number of piperazine rings is 1. The van der Waals surface area contributed by atoms with E-state index in [2.05, 4.69) is 29.2 Å². The van der Waals surface area contributed by atoms with Crippen molar-refractivity contribution in [3.63, 3.8) is 0 Å². The zero-order valence-electron chi connectivity index (χ0n) is 16.6. The molecule has 1 atom stereocenters. The van der Waals surface area contributed by atoms with Gasteiger partial charge in [0, 0.05) is 19.6 Å². The van der Waals surface area contributed by atoms with Gasteiger partial charge in [-0.05, 0) is 32.3 Å². The predicted octanol–water partition coefficient (Wildman–Crippen LogP) is 1.26. The van der Waals surface area contributed by atoms with Crippen LogP contribution in [0.25, 0.3) is 0 Å². The van der Waals surface area contributed by atoms with Gasteiger partial charge in [-0.15, -0.1) is 0 Å². The number of rotatable bonds is 4. The van der Waals surface area contributed by atoms with Crippen molar-refractivity contribution < 1.29 is 17.9 Å². The minimum Gasteiger partial charge on any atom is -0.346 e. The van der Waals surface area contributed by atoms with Crippen molar-refractivity contribution in [2.75, 3.05) is 38.5 Å². The third-order valence-corrected chi connectivity index (χ3v) is 8.09. The molecule has 3 aliphatic heterocycles. The van der Waals surface area contributed by atoms with Crippen molar-refractivity contribution in [3.05, 3.63) is 35.9 Å². The SMILES string of the molecule is CCS(=O)(=O)N1CC(=O)N2CC3(CCN(Cc4ccccc4)CC3)OC2(C)C1. The van der Waals surface area contributed by atoms with E-state index < -0.39 is 15.7 Å². The van der Waals surface area contributed by atoms with E-state index in [1.807, 2.05) is 13.0 Å². The highest BCUT2D eigenvalue weighted by molar-refractivity contribution is 7.89. The molecule has 3 saturated heterocycles. The second kappa shape index (κ2) is 7.09. The quantitative estimate of drug-likeness (QED) is 0.752. The van der Waals surface area contributed by atoms with Gasteiger partial charge in [-0.1, -0.05) is 30.3 Å². The minimum absolute atomic E-state index is 0.00402.